The summed E-state index contributed by atoms with van der Waals surface area (Å²) < 4.78 is 0. The predicted octanol–water partition coefficient (Wildman–Crippen LogP) is 10.7. The molecule has 7 aromatic rings. The maximum atomic E-state index is 2.47. The molecule has 212 valence electrons. The predicted molar refractivity (Wildman–Crippen MR) is 192 cm³/mol. The molecule has 0 bridgehead atoms. The Morgan fingerprint density at radius 3 is 1.91 bits per heavy atom. The number of allylic oxidation sites excluding steroid dienone is 1. The molecule has 0 nitrogen and oxygen atoms in total. The van der Waals surface area contributed by atoms with Crippen molar-refractivity contribution in [2.75, 3.05) is 0 Å². The van der Waals surface area contributed by atoms with E-state index in [1.807, 2.05) is 0 Å². The Kier molecular flexibility index (Phi) is 5.51. The SMILES string of the molecule is CC(C)(C)c1cc2ccc3ccc(-c4ccc5cc(-c6cc7c(c8c6=CCCC=8)C=CCC7)ccc5c4)c4ccc(c1)c2c34. The minimum absolute atomic E-state index is 0.119. The zero-order chi connectivity index (χ0) is 29.6. The fourth-order valence-corrected chi connectivity index (χ4v) is 7.86. The van der Waals surface area contributed by atoms with Gasteiger partial charge in [0, 0.05) is 0 Å². The maximum absolute atomic E-state index is 2.47. The largest absolute Gasteiger partial charge is 0.0836 e. The first-order valence-corrected chi connectivity index (χ1v) is 16.2. The van der Waals surface area contributed by atoms with Crippen LogP contribution in [0.1, 0.15) is 56.7 Å². The molecular formula is C44H36. The van der Waals surface area contributed by atoms with Gasteiger partial charge in [-0.25, -0.2) is 0 Å². The van der Waals surface area contributed by atoms with Gasteiger partial charge < -0.3 is 0 Å². The highest BCUT2D eigenvalue weighted by Crippen LogP contribution is 2.41. The first-order valence-electron chi connectivity index (χ1n) is 16.2. The smallest absolute Gasteiger partial charge is 0.00206 e. The first kappa shape index (κ1) is 25.8. The van der Waals surface area contributed by atoms with Crippen molar-refractivity contribution in [3.63, 3.8) is 0 Å². The van der Waals surface area contributed by atoms with Crippen molar-refractivity contribution in [2.24, 2.45) is 0 Å². The lowest BCUT2D eigenvalue weighted by atomic mass is 9.82. The first-order chi connectivity index (χ1) is 21.4. The molecule has 0 radical (unpaired) electrons. The minimum atomic E-state index is 0.119. The van der Waals surface area contributed by atoms with E-state index in [4.69, 9.17) is 0 Å². The summed E-state index contributed by atoms with van der Waals surface area (Å²) in [6.45, 7) is 6.90. The molecule has 0 saturated heterocycles. The third-order valence-corrected chi connectivity index (χ3v) is 10.2. The second-order valence-corrected chi connectivity index (χ2v) is 14.0. The molecule has 0 N–H and O–H groups in total. The van der Waals surface area contributed by atoms with Gasteiger partial charge >= 0.3 is 0 Å². The van der Waals surface area contributed by atoms with Crippen LogP contribution in [-0.2, 0) is 11.8 Å². The summed E-state index contributed by atoms with van der Waals surface area (Å²) in [5.74, 6) is 0. The fourth-order valence-electron chi connectivity index (χ4n) is 7.86. The normalized spacial score (nSPS) is 14.6. The zero-order valence-electron chi connectivity index (χ0n) is 25.8. The van der Waals surface area contributed by atoms with Crippen LogP contribution in [0.4, 0.5) is 0 Å². The summed E-state index contributed by atoms with van der Waals surface area (Å²) >= 11 is 0. The average molecular weight is 565 g/mol. The van der Waals surface area contributed by atoms with Gasteiger partial charge in [-0.05, 0) is 142 Å². The molecule has 0 saturated carbocycles. The van der Waals surface area contributed by atoms with Crippen molar-refractivity contribution in [3.8, 4) is 22.3 Å². The van der Waals surface area contributed by atoms with Gasteiger partial charge in [0.05, 0.1) is 0 Å². The maximum Gasteiger partial charge on any atom is -0.00206 e. The third-order valence-electron chi connectivity index (χ3n) is 10.2. The van der Waals surface area contributed by atoms with Crippen molar-refractivity contribution in [1.29, 1.82) is 0 Å². The van der Waals surface area contributed by atoms with Gasteiger partial charge in [0.25, 0.3) is 0 Å². The van der Waals surface area contributed by atoms with E-state index in [-0.39, 0.29) is 5.41 Å². The minimum Gasteiger partial charge on any atom is -0.0836 e. The van der Waals surface area contributed by atoms with Crippen molar-refractivity contribution >= 4 is 61.3 Å². The number of aryl methyl sites for hydroxylation is 1. The highest BCUT2D eigenvalue weighted by Gasteiger charge is 2.19. The molecule has 0 amide bonds. The Labute approximate surface area is 259 Å². The van der Waals surface area contributed by atoms with Crippen LogP contribution in [0.3, 0.4) is 0 Å². The van der Waals surface area contributed by atoms with Crippen LogP contribution < -0.4 is 10.4 Å². The number of hydrogen-bond donors (Lipinski definition) is 0. The second kappa shape index (κ2) is 9.41. The van der Waals surface area contributed by atoms with Gasteiger partial charge in [-0.2, -0.15) is 0 Å². The van der Waals surface area contributed by atoms with Crippen molar-refractivity contribution < 1.29 is 0 Å². The molecule has 44 heavy (non-hydrogen) atoms. The Morgan fingerprint density at radius 1 is 0.523 bits per heavy atom. The Balaban J connectivity index is 1.18. The molecule has 7 aromatic carbocycles. The molecule has 0 atom stereocenters. The molecule has 0 aromatic heterocycles. The summed E-state index contributed by atoms with van der Waals surface area (Å²) in [4.78, 5) is 0. The summed E-state index contributed by atoms with van der Waals surface area (Å²) in [5, 5.41) is 13.5. The van der Waals surface area contributed by atoms with E-state index in [1.165, 1.54) is 92.5 Å². The number of benzene rings is 7. The van der Waals surface area contributed by atoms with E-state index in [0.29, 0.717) is 0 Å². The van der Waals surface area contributed by atoms with E-state index in [2.05, 4.69) is 136 Å². The van der Waals surface area contributed by atoms with Gasteiger partial charge in [0.15, 0.2) is 0 Å². The Hall–Kier alpha value is -4.68. The van der Waals surface area contributed by atoms with Crippen LogP contribution in [0.25, 0.3) is 83.6 Å². The molecule has 0 heteroatoms. The van der Waals surface area contributed by atoms with Crippen LogP contribution in [0, 0.1) is 0 Å². The summed E-state index contributed by atoms with van der Waals surface area (Å²) in [6.07, 6.45) is 14.1. The van der Waals surface area contributed by atoms with Gasteiger partial charge in [-0.15, -0.1) is 0 Å². The van der Waals surface area contributed by atoms with E-state index in [1.54, 1.807) is 0 Å². The third kappa shape index (κ3) is 3.90. The van der Waals surface area contributed by atoms with Gasteiger partial charge in [0.1, 0.15) is 0 Å². The van der Waals surface area contributed by atoms with E-state index < -0.39 is 0 Å². The molecule has 2 aliphatic rings. The van der Waals surface area contributed by atoms with E-state index in [0.717, 1.165) is 25.7 Å². The van der Waals surface area contributed by atoms with Gasteiger partial charge in [-0.3, -0.25) is 0 Å². The van der Waals surface area contributed by atoms with Crippen molar-refractivity contribution in [3.05, 3.63) is 124 Å². The summed E-state index contributed by atoms with van der Waals surface area (Å²) in [5.41, 5.74) is 9.74. The van der Waals surface area contributed by atoms with Crippen LogP contribution >= 0.6 is 0 Å². The molecule has 2 aliphatic carbocycles. The molecular weight excluding hydrogens is 528 g/mol. The quantitative estimate of drug-likeness (QED) is 0.183. The molecule has 9 rings (SSSR count). The van der Waals surface area contributed by atoms with E-state index in [9.17, 15) is 0 Å². The zero-order valence-corrected chi connectivity index (χ0v) is 25.8. The number of rotatable bonds is 2. The lowest BCUT2D eigenvalue weighted by molar-refractivity contribution is 0.591. The fraction of sp³-hybridized carbons (Fsp3) is 0.182. The van der Waals surface area contributed by atoms with Gasteiger partial charge in [-0.1, -0.05) is 118 Å². The monoisotopic (exact) mass is 564 g/mol. The molecule has 0 heterocycles. The van der Waals surface area contributed by atoms with Crippen LogP contribution in [-0.4, -0.2) is 0 Å². The van der Waals surface area contributed by atoms with Crippen molar-refractivity contribution in [2.45, 2.75) is 51.9 Å². The van der Waals surface area contributed by atoms with Crippen molar-refractivity contribution in [1.82, 2.24) is 0 Å². The highest BCUT2D eigenvalue weighted by atomic mass is 14.2. The molecule has 0 unspecified atom stereocenters. The molecule has 0 spiro atoms. The number of fused-ring (bicyclic) bond motifs is 4. The Morgan fingerprint density at radius 2 is 1.16 bits per heavy atom. The molecule has 0 aliphatic heterocycles. The average Bonchev–Trinajstić information content (AvgIpc) is 3.05. The van der Waals surface area contributed by atoms with Crippen LogP contribution in [0.5, 0.6) is 0 Å². The lowest BCUT2D eigenvalue weighted by Gasteiger charge is -2.22. The second-order valence-electron chi connectivity index (χ2n) is 14.0. The standard InChI is InChI=1S/C44H36/c1-44(2,3)35-24-33-17-12-27-18-20-37(40-21-19-34(25-35)42(33)43(27)40)31-15-13-29-23-32(16-14-28(29)22-31)41-26-30-8-4-5-9-36(30)38-10-6-7-11-39(38)41/h5,9-26H,4,6-8H2,1-3H3. The van der Waals surface area contributed by atoms with Gasteiger partial charge in [0.2, 0.25) is 0 Å². The topological polar surface area (TPSA) is 0 Å². The van der Waals surface area contributed by atoms with Crippen LogP contribution in [0.2, 0.25) is 0 Å². The molecule has 0 fully saturated rings. The lowest BCUT2D eigenvalue weighted by Crippen LogP contribution is -2.33. The summed E-state index contributed by atoms with van der Waals surface area (Å²) in [7, 11) is 0. The van der Waals surface area contributed by atoms with E-state index >= 15 is 0 Å². The number of hydrogen-bond acceptors (Lipinski definition) is 0. The Bertz CT molecular complexity index is 2440. The summed E-state index contributed by atoms with van der Waals surface area (Å²) in [6, 6.07) is 35.3. The van der Waals surface area contributed by atoms with Crippen LogP contribution in [0.15, 0.2) is 97.1 Å². The highest BCUT2D eigenvalue weighted by molar-refractivity contribution is 6.25.